The SMILES string of the molecule is CC1CCCN(C2(CN)CCC(C)(C)CC2)C1C. The van der Waals surface area contributed by atoms with Crippen molar-refractivity contribution in [1.82, 2.24) is 4.90 Å². The standard InChI is InChI=1S/C16H32N2/c1-13-6-5-11-18(14(13)2)16(12-17)9-7-15(3,4)8-10-16/h13-14H,5-12,17H2,1-4H3. The lowest BCUT2D eigenvalue weighted by atomic mass is 9.67. The van der Waals surface area contributed by atoms with E-state index in [0.29, 0.717) is 17.0 Å². The molecule has 2 atom stereocenters. The fourth-order valence-electron chi connectivity index (χ4n) is 4.01. The van der Waals surface area contributed by atoms with E-state index < -0.39 is 0 Å². The highest BCUT2D eigenvalue weighted by atomic mass is 15.2. The van der Waals surface area contributed by atoms with Crippen molar-refractivity contribution < 1.29 is 0 Å². The van der Waals surface area contributed by atoms with Crippen LogP contribution in [0.3, 0.4) is 0 Å². The highest BCUT2D eigenvalue weighted by molar-refractivity contribution is 5.01. The van der Waals surface area contributed by atoms with Crippen LogP contribution in [0.4, 0.5) is 0 Å². The smallest absolute Gasteiger partial charge is 0.0335 e. The molecule has 2 rings (SSSR count). The van der Waals surface area contributed by atoms with Crippen LogP contribution in [0.5, 0.6) is 0 Å². The third-order valence-corrected chi connectivity index (χ3v) is 5.90. The monoisotopic (exact) mass is 252 g/mol. The van der Waals surface area contributed by atoms with Gasteiger partial charge in [0.1, 0.15) is 0 Å². The molecule has 2 unspecified atom stereocenters. The van der Waals surface area contributed by atoms with E-state index in [1.807, 2.05) is 0 Å². The number of rotatable bonds is 2. The van der Waals surface area contributed by atoms with Gasteiger partial charge in [-0.25, -0.2) is 0 Å². The van der Waals surface area contributed by atoms with E-state index in [0.717, 1.165) is 12.5 Å². The first-order valence-corrected chi connectivity index (χ1v) is 7.87. The molecule has 18 heavy (non-hydrogen) atoms. The molecule has 2 nitrogen and oxygen atoms in total. The van der Waals surface area contributed by atoms with Crippen molar-refractivity contribution in [3.8, 4) is 0 Å². The number of nitrogens with two attached hydrogens (primary N) is 1. The van der Waals surface area contributed by atoms with Crippen LogP contribution in [0.2, 0.25) is 0 Å². The molecule has 0 aromatic carbocycles. The number of hydrogen-bond acceptors (Lipinski definition) is 2. The van der Waals surface area contributed by atoms with Crippen LogP contribution in [0.25, 0.3) is 0 Å². The Hall–Kier alpha value is -0.0800. The molecule has 0 aromatic heterocycles. The zero-order valence-electron chi connectivity index (χ0n) is 12.8. The maximum Gasteiger partial charge on any atom is 0.0335 e. The molecule has 106 valence electrons. The molecule has 1 saturated heterocycles. The quantitative estimate of drug-likeness (QED) is 0.816. The molecule has 1 saturated carbocycles. The number of nitrogens with zero attached hydrogens (tertiary/aromatic N) is 1. The van der Waals surface area contributed by atoms with Crippen molar-refractivity contribution in [2.24, 2.45) is 17.1 Å². The Morgan fingerprint density at radius 3 is 2.28 bits per heavy atom. The fourth-order valence-corrected chi connectivity index (χ4v) is 4.01. The minimum atomic E-state index is 0.309. The summed E-state index contributed by atoms with van der Waals surface area (Å²) >= 11 is 0. The Balaban J connectivity index is 2.12. The zero-order chi connectivity index (χ0) is 13.4. The van der Waals surface area contributed by atoms with Gasteiger partial charge in [-0.1, -0.05) is 20.8 Å². The zero-order valence-corrected chi connectivity index (χ0v) is 12.8. The highest BCUT2D eigenvalue weighted by Crippen LogP contribution is 2.44. The molecular weight excluding hydrogens is 220 g/mol. The van der Waals surface area contributed by atoms with Crippen LogP contribution in [-0.4, -0.2) is 29.6 Å². The van der Waals surface area contributed by atoms with E-state index in [4.69, 9.17) is 5.73 Å². The fraction of sp³-hybridized carbons (Fsp3) is 1.00. The predicted octanol–water partition coefficient (Wildman–Crippen LogP) is 3.40. The van der Waals surface area contributed by atoms with Crippen LogP contribution >= 0.6 is 0 Å². The molecule has 1 aliphatic carbocycles. The van der Waals surface area contributed by atoms with E-state index in [-0.39, 0.29) is 0 Å². The van der Waals surface area contributed by atoms with Gasteiger partial charge in [-0.2, -0.15) is 0 Å². The lowest BCUT2D eigenvalue weighted by molar-refractivity contribution is -0.0355. The maximum atomic E-state index is 6.22. The largest absolute Gasteiger partial charge is 0.329 e. The third-order valence-electron chi connectivity index (χ3n) is 5.90. The van der Waals surface area contributed by atoms with Crippen molar-refractivity contribution in [2.75, 3.05) is 13.1 Å². The van der Waals surface area contributed by atoms with Crippen molar-refractivity contribution in [2.45, 2.75) is 77.8 Å². The van der Waals surface area contributed by atoms with E-state index >= 15 is 0 Å². The summed E-state index contributed by atoms with van der Waals surface area (Å²) in [6, 6.07) is 0.712. The Bertz CT molecular complexity index is 275. The van der Waals surface area contributed by atoms with Gasteiger partial charge in [0, 0.05) is 18.1 Å². The van der Waals surface area contributed by atoms with Gasteiger partial charge in [0.15, 0.2) is 0 Å². The number of piperidine rings is 1. The average molecular weight is 252 g/mol. The summed E-state index contributed by atoms with van der Waals surface area (Å²) in [5.74, 6) is 0.831. The van der Waals surface area contributed by atoms with Gasteiger partial charge in [0.25, 0.3) is 0 Å². The van der Waals surface area contributed by atoms with Crippen LogP contribution in [-0.2, 0) is 0 Å². The van der Waals surface area contributed by atoms with Gasteiger partial charge < -0.3 is 5.73 Å². The first-order chi connectivity index (χ1) is 8.40. The van der Waals surface area contributed by atoms with Crippen molar-refractivity contribution in [3.05, 3.63) is 0 Å². The Morgan fingerprint density at radius 2 is 1.72 bits per heavy atom. The van der Waals surface area contributed by atoms with E-state index in [1.165, 1.54) is 45.1 Å². The van der Waals surface area contributed by atoms with Gasteiger partial charge >= 0.3 is 0 Å². The normalized spacial score (nSPS) is 36.5. The topological polar surface area (TPSA) is 29.3 Å². The summed E-state index contributed by atoms with van der Waals surface area (Å²) in [4.78, 5) is 2.77. The number of hydrogen-bond donors (Lipinski definition) is 1. The number of likely N-dealkylation sites (tertiary alicyclic amines) is 1. The summed E-state index contributed by atoms with van der Waals surface area (Å²) in [5.41, 5.74) is 7.06. The van der Waals surface area contributed by atoms with E-state index in [9.17, 15) is 0 Å². The molecule has 2 fully saturated rings. The second kappa shape index (κ2) is 5.13. The Labute approximate surface area is 113 Å². The first kappa shape index (κ1) is 14.3. The molecule has 2 aliphatic rings. The summed E-state index contributed by atoms with van der Waals surface area (Å²) in [5, 5.41) is 0. The van der Waals surface area contributed by atoms with E-state index in [1.54, 1.807) is 0 Å². The second-order valence-corrected chi connectivity index (χ2v) is 7.65. The summed E-state index contributed by atoms with van der Waals surface area (Å²) < 4.78 is 0. The molecule has 0 bridgehead atoms. The van der Waals surface area contributed by atoms with Gasteiger partial charge in [0.05, 0.1) is 0 Å². The van der Waals surface area contributed by atoms with Crippen LogP contribution in [0.1, 0.15) is 66.2 Å². The summed E-state index contributed by atoms with van der Waals surface area (Å²) in [6.07, 6.45) is 8.02. The Kier molecular flexibility index (Phi) is 4.08. The summed E-state index contributed by atoms with van der Waals surface area (Å²) in [7, 11) is 0. The van der Waals surface area contributed by atoms with Crippen molar-refractivity contribution >= 4 is 0 Å². The first-order valence-electron chi connectivity index (χ1n) is 7.87. The minimum Gasteiger partial charge on any atom is -0.329 e. The van der Waals surface area contributed by atoms with Gasteiger partial charge in [-0.15, -0.1) is 0 Å². The average Bonchev–Trinajstić information content (AvgIpc) is 2.34. The van der Waals surface area contributed by atoms with Crippen molar-refractivity contribution in [1.29, 1.82) is 0 Å². The van der Waals surface area contributed by atoms with Gasteiger partial charge in [-0.05, 0) is 63.3 Å². The molecule has 0 aromatic rings. The van der Waals surface area contributed by atoms with Crippen LogP contribution < -0.4 is 5.73 Å². The molecule has 0 amide bonds. The minimum absolute atomic E-state index is 0.309. The second-order valence-electron chi connectivity index (χ2n) is 7.65. The van der Waals surface area contributed by atoms with E-state index in [2.05, 4.69) is 32.6 Å². The van der Waals surface area contributed by atoms with Crippen LogP contribution in [0, 0.1) is 11.3 Å². The predicted molar refractivity (Wildman–Crippen MR) is 78.6 cm³/mol. The lowest BCUT2D eigenvalue weighted by Crippen LogP contribution is -2.62. The third kappa shape index (κ3) is 2.60. The summed E-state index contributed by atoms with van der Waals surface area (Å²) in [6.45, 7) is 11.8. The molecule has 0 radical (unpaired) electrons. The van der Waals surface area contributed by atoms with Crippen molar-refractivity contribution in [3.63, 3.8) is 0 Å². The Morgan fingerprint density at radius 1 is 1.11 bits per heavy atom. The molecule has 2 heteroatoms. The molecular formula is C16H32N2. The van der Waals surface area contributed by atoms with Gasteiger partial charge in [-0.3, -0.25) is 4.90 Å². The van der Waals surface area contributed by atoms with Gasteiger partial charge in [0.2, 0.25) is 0 Å². The maximum absolute atomic E-state index is 6.22. The lowest BCUT2D eigenvalue weighted by Gasteiger charge is -2.54. The van der Waals surface area contributed by atoms with Crippen LogP contribution in [0.15, 0.2) is 0 Å². The molecule has 2 N–H and O–H groups in total. The highest BCUT2D eigenvalue weighted by Gasteiger charge is 2.44. The molecule has 0 spiro atoms. The molecule has 1 heterocycles. The molecule has 1 aliphatic heterocycles.